The Kier molecular flexibility index (Phi) is 9.43. The lowest BCUT2D eigenvalue weighted by atomic mass is 10.1. The Morgan fingerprint density at radius 1 is 1.14 bits per heavy atom. The number of nitrogens with zero attached hydrogens (tertiary/aromatic N) is 2. The van der Waals surface area contributed by atoms with Crippen molar-refractivity contribution in [3.05, 3.63) is 18.0 Å². The van der Waals surface area contributed by atoms with Crippen molar-refractivity contribution in [2.24, 2.45) is 0 Å². The van der Waals surface area contributed by atoms with Crippen LogP contribution in [-0.4, -0.2) is 22.4 Å². The number of nitrogens with one attached hydrogen (secondary N) is 1. The van der Waals surface area contributed by atoms with E-state index in [0.717, 1.165) is 12.8 Å². The predicted molar refractivity (Wildman–Crippen MR) is 88.9 cm³/mol. The molecule has 22 heavy (non-hydrogen) atoms. The van der Waals surface area contributed by atoms with Gasteiger partial charge in [-0.2, -0.15) is 0 Å². The molecule has 0 bridgehead atoms. The minimum absolute atomic E-state index is 0.0661. The van der Waals surface area contributed by atoms with E-state index in [0.29, 0.717) is 18.5 Å². The third-order valence-corrected chi connectivity index (χ3v) is 3.29. The van der Waals surface area contributed by atoms with Gasteiger partial charge in [-0.1, -0.05) is 57.3 Å². The van der Waals surface area contributed by atoms with Crippen LogP contribution in [0.5, 0.6) is 0 Å². The monoisotopic (exact) mass is 302 g/mol. The summed E-state index contributed by atoms with van der Waals surface area (Å²) in [6, 6.07) is 0. The summed E-state index contributed by atoms with van der Waals surface area (Å²) in [6.07, 6.45) is 12.2. The molecule has 0 fully saturated rings. The molecule has 0 saturated carbocycles. The fourth-order valence-electron chi connectivity index (χ4n) is 2.02. The van der Waals surface area contributed by atoms with Crippen molar-refractivity contribution in [2.45, 2.75) is 58.3 Å². The first-order valence-corrected chi connectivity index (χ1v) is 8.05. The predicted octanol–water partition coefficient (Wildman–Crippen LogP) is 2.67. The second-order valence-electron chi connectivity index (χ2n) is 5.28. The molecule has 120 valence electrons. The molecule has 1 aromatic heterocycles. The summed E-state index contributed by atoms with van der Waals surface area (Å²) in [4.78, 5) is 19.3. The number of unbranched alkanes of at least 4 members (excludes halogenated alkanes) is 6. The number of hydrogen-bond donors (Lipinski definition) is 2. The number of amides is 1. The minimum atomic E-state index is 0.0661. The molecule has 5 heteroatoms. The molecule has 1 rings (SSSR count). The van der Waals surface area contributed by atoms with Gasteiger partial charge >= 0.3 is 0 Å². The average Bonchev–Trinajstić information content (AvgIpc) is 2.52. The minimum Gasteiger partial charge on any atom is -0.368 e. The van der Waals surface area contributed by atoms with E-state index in [2.05, 4.69) is 34.0 Å². The summed E-state index contributed by atoms with van der Waals surface area (Å²) in [5.74, 6) is 6.05. The van der Waals surface area contributed by atoms with E-state index in [4.69, 9.17) is 5.73 Å². The highest BCUT2D eigenvalue weighted by Crippen LogP contribution is 2.08. The Hall–Kier alpha value is -2.09. The van der Waals surface area contributed by atoms with Crippen molar-refractivity contribution in [2.75, 3.05) is 12.3 Å². The molecule has 0 atom stereocenters. The van der Waals surface area contributed by atoms with Crippen LogP contribution in [0, 0.1) is 11.8 Å². The second-order valence-corrected chi connectivity index (χ2v) is 5.28. The van der Waals surface area contributed by atoms with Gasteiger partial charge in [0.1, 0.15) is 0 Å². The molecule has 1 aromatic rings. The van der Waals surface area contributed by atoms with Gasteiger partial charge in [0.2, 0.25) is 11.9 Å². The van der Waals surface area contributed by atoms with E-state index in [9.17, 15) is 4.79 Å². The molecule has 0 aromatic carbocycles. The first-order chi connectivity index (χ1) is 10.7. The molecular weight excluding hydrogens is 276 g/mol. The zero-order valence-corrected chi connectivity index (χ0v) is 13.4. The summed E-state index contributed by atoms with van der Waals surface area (Å²) in [5, 5.41) is 2.80. The maximum Gasteiger partial charge on any atom is 0.220 e. The Bertz CT molecular complexity index is 488. The standard InChI is InChI=1S/C17H26N4O/c1-2-3-4-5-6-7-8-11-16(22)19-12-9-10-15-13-20-17(18)21-14-15/h13-14H,2-8,11-12H2,1H3,(H,19,22)(H2,18,20,21). The van der Waals surface area contributed by atoms with Gasteiger partial charge < -0.3 is 11.1 Å². The summed E-state index contributed by atoms with van der Waals surface area (Å²) < 4.78 is 0. The van der Waals surface area contributed by atoms with Gasteiger partial charge in [0.15, 0.2) is 0 Å². The summed E-state index contributed by atoms with van der Waals surface area (Å²) >= 11 is 0. The molecular formula is C17H26N4O. The highest BCUT2D eigenvalue weighted by atomic mass is 16.1. The van der Waals surface area contributed by atoms with Crippen molar-refractivity contribution < 1.29 is 4.79 Å². The zero-order chi connectivity index (χ0) is 16.0. The molecule has 0 saturated heterocycles. The number of aromatic nitrogens is 2. The fraction of sp³-hybridized carbons (Fsp3) is 0.588. The van der Waals surface area contributed by atoms with Crippen LogP contribution in [0.25, 0.3) is 0 Å². The third kappa shape index (κ3) is 8.96. The van der Waals surface area contributed by atoms with Gasteiger partial charge in [-0.15, -0.1) is 0 Å². The van der Waals surface area contributed by atoms with Crippen molar-refractivity contribution in [1.82, 2.24) is 15.3 Å². The van der Waals surface area contributed by atoms with Gasteiger partial charge in [-0.05, 0) is 6.42 Å². The fourth-order valence-corrected chi connectivity index (χ4v) is 2.02. The molecule has 0 spiro atoms. The number of nitrogen functional groups attached to an aromatic ring is 1. The molecule has 5 nitrogen and oxygen atoms in total. The summed E-state index contributed by atoms with van der Waals surface area (Å²) in [7, 11) is 0. The van der Waals surface area contributed by atoms with Crippen LogP contribution >= 0.6 is 0 Å². The first-order valence-electron chi connectivity index (χ1n) is 8.05. The van der Waals surface area contributed by atoms with E-state index in [1.165, 1.54) is 32.1 Å². The van der Waals surface area contributed by atoms with Gasteiger partial charge in [-0.25, -0.2) is 9.97 Å². The number of carbonyl (C=O) groups excluding carboxylic acids is 1. The smallest absolute Gasteiger partial charge is 0.220 e. The Balaban J connectivity index is 2.05. The van der Waals surface area contributed by atoms with Crippen molar-refractivity contribution in [3.8, 4) is 11.8 Å². The van der Waals surface area contributed by atoms with Gasteiger partial charge in [0, 0.05) is 18.8 Å². The largest absolute Gasteiger partial charge is 0.368 e. The van der Waals surface area contributed by atoms with E-state index in [-0.39, 0.29) is 11.9 Å². The summed E-state index contributed by atoms with van der Waals surface area (Å²) in [6.45, 7) is 2.56. The average molecular weight is 302 g/mol. The third-order valence-electron chi connectivity index (χ3n) is 3.29. The Morgan fingerprint density at radius 3 is 2.45 bits per heavy atom. The molecule has 0 aliphatic rings. The van der Waals surface area contributed by atoms with Crippen molar-refractivity contribution in [3.63, 3.8) is 0 Å². The van der Waals surface area contributed by atoms with Crippen LogP contribution in [-0.2, 0) is 4.79 Å². The maximum atomic E-state index is 11.6. The van der Waals surface area contributed by atoms with E-state index in [1.807, 2.05) is 0 Å². The number of carbonyl (C=O) groups is 1. The quantitative estimate of drug-likeness (QED) is 0.543. The number of rotatable bonds is 9. The van der Waals surface area contributed by atoms with Crippen LogP contribution in [0.2, 0.25) is 0 Å². The van der Waals surface area contributed by atoms with Crippen LogP contribution < -0.4 is 11.1 Å². The first kappa shape index (κ1) is 18.0. The lowest BCUT2D eigenvalue weighted by molar-refractivity contribution is -0.120. The van der Waals surface area contributed by atoms with Gasteiger partial charge in [0.25, 0.3) is 0 Å². The molecule has 1 amide bonds. The maximum absolute atomic E-state index is 11.6. The number of anilines is 1. The van der Waals surface area contributed by atoms with Crippen molar-refractivity contribution in [1.29, 1.82) is 0 Å². The molecule has 0 aliphatic heterocycles. The molecule has 3 N–H and O–H groups in total. The Morgan fingerprint density at radius 2 is 1.77 bits per heavy atom. The molecule has 0 aliphatic carbocycles. The highest BCUT2D eigenvalue weighted by Gasteiger charge is 1.99. The van der Waals surface area contributed by atoms with Gasteiger partial charge in [-0.3, -0.25) is 4.79 Å². The zero-order valence-electron chi connectivity index (χ0n) is 13.4. The van der Waals surface area contributed by atoms with Crippen molar-refractivity contribution >= 4 is 11.9 Å². The van der Waals surface area contributed by atoms with Gasteiger partial charge in [0.05, 0.1) is 12.1 Å². The normalized spacial score (nSPS) is 9.86. The van der Waals surface area contributed by atoms with Crippen LogP contribution in [0.3, 0.4) is 0 Å². The lowest BCUT2D eigenvalue weighted by Gasteiger charge is -2.02. The van der Waals surface area contributed by atoms with Crippen LogP contribution in [0.4, 0.5) is 5.95 Å². The number of nitrogens with two attached hydrogens (primary N) is 1. The van der Waals surface area contributed by atoms with E-state index < -0.39 is 0 Å². The summed E-state index contributed by atoms with van der Waals surface area (Å²) in [5.41, 5.74) is 6.08. The van der Waals surface area contributed by atoms with Crippen LogP contribution in [0.1, 0.15) is 63.9 Å². The SMILES string of the molecule is CCCCCCCCCC(=O)NCC#Cc1cnc(N)nc1. The second kappa shape index (κ2) is 11.6. The molecule has 1 heterocycles. The van der Waals surface area contributed by atoms with Crippen LogP contribution in [0.15, 0.2) is 12.4 Å². The Labute approximate surface area is 133 Å². The molecule has 0 radical (unpaired) electrons. The topological polar surface area (TPSA) is 80.9 Å². The van der Waals surface area contributed by atoms with E-state index >= 15 is 0 Å². The lowest BCUT2D eigenvalue weighted by Crippen LogP contribution is -2.23. The van der Waals surface area contributed by atoms with E-state index in [1.54, 1.807) is 12.4 Å². The number of hydrogen-bond acceptors (Lipinski definition) is 4. The molecule has 0 unspecified atom stereocenters. The highest BCUT2D eigenvalue weighted by molar-refractivity contribution is 5.76.